The molecule has 1 heteroatoms. The monoisotopic (exact) mass is 148 g/mol. The van der Waals surface area contributed by atoms with Crippen molar-refractivity contribution in [1.82, 2.24) is 0 Å². The van der Waals surface area contributed by atoms with Crippen LogP contribution >= 0.6 is 0 Å². The molecule has 0 aromatic carbocycles. The summed E-state index contributed by atoms with van der Waals surface area (Å²) < 4.78 is 0. The summed E-state index contributed by atoms with van der Waals surface area (Å²) in [6.45, 7) is 4.26. The zero-order chi connectivity index (χ0) is 8.27. The number of hydrogen-bond acceptors (Lipinski definition) is 1. The Morgan fingerprint density at radius 3 is 2.91 bits per heavy atom. The SMILES string of the molecule is CC(C)C1=CC=CC1C=C=O. The summed E-state index contributed by atoms with van der Waals surface area (Å²) in [5, 5.41) is 0. The maximum absolute atomic E-state index is 10.1. The molecule has 0 saturated carbocycles. The van der Waals surface area contributed by atoms with Crippen LogP contribution in [0.15, 0.2) is 29.9 Å². The van der Waals surface area contributed by atoms with Crippen LogP contribution in [0.5, 0.6) is 0 Å². The Kier molecular flexibility index (Phi) is 2.45. The number of hydrogen-bond donors (Lipinski definition) is 0. The normalized spacial score (nSPS) is 21.7. The Balaban J connectivity index is 2.76. The minimum absolute atomic E-state index is 0.201. The Labute approximate surface area is 67.1 Å². The second-order valence-electron chi connectivity index (χ2n) is 3.02. The summed E-state index contributed by atoms with van der Waals surface area (Å²) in [6.07, 6.45) is 7.65. The van der Waals surface area contributed by atoms with Gasteiger partial charge in [0.1, 0.15) is 5.94 Å². The molecule has 1 nitrogen and oxygen atoms in total. The minimum atomic E-state index is 0.201. The first-order valence-corrected chi connectivity index (χ1v) is 3.85. The molecule has 1 unspecified atom stereocenters. The van der Waals surface area contributed by atoms with Gasteiger partial charge in [-0.1, -0.05) is 37.6 Å². The van der Waals surface area contributed by atoms with Crippen molar-refractivity contribution in [3.05, 3.63) is 29.9 Å². The molecule has 1 aliphatic rings. The van der Waals surface area contributed by atoms with Gasteiger partial charge in [-0.3, -0.25) is 0 Å². The Hall–Kier alpha value is -1.07. The van der Waals surface area contributed by atoms with Crippen LogP contribution in [0.3, 0.4) is 0 Å². The molecule has 0 bridgehead atoms. The molecule has 0 radical (unpaired) electrons. The van der Waals surface area contributed by atoms with Crippen LogP contribution in [-0.4, -0.2) is 5.94 Å². The molecule has 58 valence electrons. The van der Waals surface area contributed by atoms with E-state index in [0.29, 0.717) is 5.92 Å². The van der Waals surface area contributed by atoms with Gasteiger partial charge >= 0.3 is 0 Å². The van der Waals surface area contributed by atoms with Crippen LogP contribution in [0, 0.1) is 11.8 Å². The smallest absolute Gasteiger partial charge is 0.120 e. The summed E-state index contributed by atoms with van der Waals surface area (Å²) in [6, 6.07) is 0. The predicted octanol–water partition coefficient (Wildman–Crippen LogP) is 2.14. The summed E-state index contributed by atoms with van der Waals surface area (Å²) in [5.41, 5.74) is 1.30. The first-order valence-electron chi connectivity index (χ1n) is 3.85. The average Bonchev–Trinajstić information content (AvgIpc) is 2.36. The van der Waals surface area contributed by atoms with Crippen molar-refractivity contribution in [2.45, 2.75) is 13.8 Å². The predicted molar refractivity (Wildman–Crippen MR) is 45.8 cm³/mol. The maximum Gasteiger partial charge on any atom is 0.120 e. The largest absolute Gasteiger partial charge is 0.234 e. The minimum Gasteiger partial charge on any atom is -0.234 e. The quantitative estimate of drug-likeness (QED) is 0.548. The molecule has 1 atom stereocenters. The van der Waals surface area contributed by atoms with Crippen LogP contribution < -0.4 is 0 Å². The molecule has 0 aromatic heterocycles. The van der Waals surface area contributed by atoms with Gasteiger partial charge in [-0.15, -0.1) is 0 Å². The van der Waals surface area contributed by atoms with E-state index in [1.807, 2.05) is 18.1 Å². The first kappa shape index (κ1) is 8.03. The van der Waals surface area contributed by atoms with Gasteiger partial charge in [-0.2, -0.15) is 0 Å². The fraction of sp³-hybridized carbons (Fsp3) is 0.400. The second-order valence-corrected chi connectivity index (χ2v) is 3.02. The second kappa shape index (κ2) is 3.36. The number of carbonyl (C=O) groups excluding carboxylic acids is 1. The van der Waals surface area contributed by atoms with Crippen LogP contribution in [0.4, 0.5) is 0 Å². The lowest BCUT2D eigenvalue weighted by atomic mass is 9.93. The third-order valence-electron chi connectivity index (χ3n) is 1.91. The van der Waals surface area contributed by atoms with Gasteiger partial charge in [0.05, 0.1) is 0 Å². The Morgan fingerprint density at radius 1 is 1.64 bits per heavy atom. The fourth-order valence-corrected chi connectivity index (χ4v) is 1.31. The molecule has 11 heavy (non-hydrogen) atoms. The van der Waals surface area contributed by atoms with Crippen LogP contribution in [0.25, 0.3) is 0 Å². The van der Waals surface area contributed by atoms with E-state index in [0.717, 1.165) is 0 Å². The molecular formula is C10H12O. The highest BCUT2D eigenvalue weighted by Crippen LogP contribution is 2.26. The highest BCUT2D eigenvalue weighted by atomic mass is 16.1. The molecule has 1 rings (SSSR count). The van der Waals surface area contributed by atoms with E-state index < -0.39 is 0 Å². The van der Waals surface area contributed by atoms with E-state index in [9.17, 15) is 4.79 Å². The zero-order valence-electron chi connectivity index (χ0n) is 6.87. The van der Waals surface area contributed by atoms with Gasteiger partial charge < -0.3 is 0 Å². The fourth-order valence-electron chi connectivity index (χ4n) is 1.31. The molecule has 0 amide bonds. The highest BCUT2D eigenvalue weighted by Gasteiger charge is 2.14. The van der Waals surface area contributed by atoms with Crippen LogP contribution in [0.2, 0.25) is 0 Å². The molecule has 1 aliphatic carbocycles. The van der Waals surface area contributed by atoms with Crippen molar-refractivity contribution in [2.75, 3.05) is 0 Å². The summed E-state index contributed by atoms with van der Waals surface area (Å²) >= 11 is 0. The van der Waals surface area contributed by atoms with Gasteiger partial charge in [0.2, 0.25) is 0 Å². The Morgan fingerprint density at radius 2 is 2.36 bits per heavy atom. The lowest BCUT2D eigenvalue weighted by molar-refractivity contribution is 0.567. The van der Waals surface area contributed by atoms with Crippen molar-refractivity contribution in [1.29, 1.82) is 0 Å². The van der Waals surface area contributed by atoms with E-state index in [2.05, 4.69) is 19.9 Å². The van der Waals surface area contributed by atoms with Gasteiger partial charge in [0.15, 0.2) is 0 Å². The third kappa shape index (κ3) is 1.69. The van der Waals surface area contributed by atoms with E-state index in [4.69, 9.17) is 0 Å². The van der Waals surface area contributed by atoms with Crippen LogP contribution in [0.1, 0.15) is 13.8 Å². The number of rotatable bonds is 2. The topological polar surface area (TPSA) is 17.1 Å². The van der Waals surface area contributed by atoms with E-state index in [1.165, 1.54) is 5.57 Å². The highest BCUT2D eigenvalue weighted by molar-refractivity contribution is 5.50. The lowest BCUT2D eigenvalue weighted by Crippen LogP contribution is -2.01. The van der Waals surface area contributed by atoms with Crippen LogP contribution in [-0.2, 0) is 4.79 Å². The Bertz CT molecular complexity index is 240. The van der Waals surface area contributed by atoms with Crippen molar-refractivity contribution in [3.8, 4) is 0 Å². The zero-order valence-corrected chi connectivity index (χ0v) is 6.87. The van der Waals surface area contributed by atoms with E-state index in [-0.39, 0.29) is 5.92 Å². The summed E-state index contributed by atoms with van der Waals surface area (Å²) in [4.78, 5) is 10.1. The molecular weight excluding hydrogens is 136 g/mol. The molecule has 0 heterocycles. The molecule has 0 aromatic rings. The first-order chi connectivity index (χ1) is 5.25. The standard InChI is InChI=1S/C10H12O/c1-8(2)10-5-3-4-9(10)6-7-11/h3-6,8-9H,1-2H3. The molecule has 0 spiro atoms. The van der Waals surface area contributed by atoms with Gasteiger partial charge in [0.25, 0.3) is 0 Å². The van der Waals surface area contributed by atoms with Gasteiger partial charge in [0, 0.05) is 12.0 Å². The molecule has 0 fully saturated rings. The summed E-state index contributed by atoms with van der Waals surface area (Å²) in [7, 11) is 0. The van der Waals surface area contributed by atoms with E-state index in [1.54, 1.807) is 6.08 Å². The lowest BCUT2D eigenvalue weighted by Gasteiger charge is -2.11. The van der Waals surface area contributed by atoms with Crippen molar-refractivity contribution in [2.24, 2.45) is 11.8 Å². The molecule has 0 N–H and O–H groups in total. The summed E-state index contributed by atoms with van der Waals surface area (Å²) in [5.74, 6) is 2.54. The maximum atomic E-state index is 10.1. The van der Waals surface area contributed by atoms with Crippen molar-refractivity contribution < 1.29 is 4.79 Å². The number of allylic oxidation sites excluding steroid dienone is 5. The van der Waals surface area contributed by atoms with Gasteiger partial charge in [-0.05, 0) is 5.92 Å². The van der Waals surface area contributed by atoms with E-state index >= 15 is 0 Å². The van der Waals surface area contributed by atoms with Crippen molar-refractivity contribution in [3.63, 3.8) is 0 Å². The third-order valence-corrected chi connectivity index (χ3v) is 1.91. The van der Waals surface area contributed by atoms with Crippen molar-refractivity contribution >= 4 is 5.94 Å². The molecule has 0 aliphatic heterocycles. The average molecular weight is 148 g/mol. The van der Waals surface area contributed by atoms with Gasteiger partial charge in [-0.25, -0.2) is 4.79 Å². The molecule has 0 saturated heterocycles.